The van der Waals surface area contributed by atoms with Gasteiger partial charge in [-0.3, -0.25) is 10.1 Å². The number of hydrogen-bond acceptors (Lipinski definition) is 5. The maximum absolute atomic E-state index is 12.2. The highest BCUT2D eigenvalue weighted by Crippen LogP contribution is 2.26. The van der Waals surface area contributed by atoms with Crippen LogP contribution in [0.3, 0.4) is 0 Å². The second-order valence-electron chi connectivity index (χ2n) is 4.58. The summed E-state index contributed by atoms with van der Waals surface area (Å²) in [6.07, 6.45) is -2.69. The van der Waals surface area contributed by atoms with Gasteiger partial charge in [-0.05, 0) is 5.41 Å². The Morgan fingerprint density at radius 3 is 2.41 bits per heavy atom. The van der Waals surface area contributed by atoms with Gasteiger partial charge in [-0.25, -0.2) is 8.78 Å². The van der Waals surface area contributed by atoms with Gasteiger partial charge < -0.3 is 5.73 Å². The smallest absolute Gasteiger partial charge is 0.291 e. The van der Waals surface area contributed by atoms with Crippen molar-refractivity contribution in [1.29, 1.82) is 0 Å². The van der Waals surface area contributed by atoms with Crippen LogP contribution in [0.1, 0.15) is 32.2 Å². The number of amides is 1. The van der Waals surface area contributed by atoms with Gasteiger partial charge in [0, 0.05) is 0 Å². The van der Waals surface area contributed by atoms with Gasteiger partial charge in [-0.2, -0.15) is 0 Å². The Bertz CT molecular complexity index is 402. The summed E-state index contributed by atoms with van der Waals surface area (Å²) in [6, 6.07) is -0.749. The van der Waals surface area contributed by atoms with Crippen LogP contribution in [0.25, 0.3) is 0 Å². The van der Waals surface area contributed by atoms with E-state index in [1.807, 2.05) is 20.8 Å². The Morgan fingerprint density at radius 1 is 1.41 bits per heavy atom. The first-order valence-corrected chi connectivity index (χ1v) is 5.71. The highest BCUT2D eigenvalue weighted by atomic mass is 32.1. The molecule has 0 aliphatic heterocycles. The second kappa shape index (κ2) is 5.01. The molecule has 0 unspecified atom stereocenters. The lowest BCUT2D eigenvalue weighted by atomic mass is 9.87. The molecular weight excluding hydrogens is 250 g/mol. The van der Waals surface area contributed by atoms with E-state index in [1.165, 1.54) is 0 Å². The SMILES string of the molecule is CC(C)(C)[C@H](N)C(=O)Nc1nnc(C(F)F)s1. The van der Waals surface area contributed by atoms with Gasteiger partial charge in [0.05, 0.1) is 6.04 Å². The van der Waals surface area contributed by atoms with Gasteiger partial charge in [0.15, 0.2) is 5.01 Å². The van der Waals surface area contributed by atoms with Crippen molar-refractivity contribution >= 4 is 22.4 Å². The number of halogens is 2. The molecule has 1 rings (SSSR count). The number of alkyl halides is 2. The number of carbonyl (C=O) groups is 1. The van der Waals surface area contributed by atoms with Crippen LogP contribution >= 0.6 is 11.3 Å². The summed E-state index contributed by atoms with van der Waals surface area (Å²) in [4.78, 5) is 11.7. The number of nitrogens with two attached hydrogens (primary N) is 1. The minimum atomic E-state index is -2.69. The van der Waals surface area contributed by atoms with E-state index >= 15 is 0 Å². The zero-order valence-corrected chi connectivity index (χ0v) is 10.5. The van der Waals surface area contributed by atoms with Crippen LogP contribution in [0.5, 0.6) is 0 Å². The Labute approximate surface area is 101 Å². The van der Waals surface area contributed by atoms with Crippen LogP contribution in [0.4, 0.5) is 13.9 Å². The van der Waals surface area contributed by atoms with E-state index in [0.717, 1.165) is 0 Å². The van der Waals surface area contributed by atoms with E-state index in [-0.39, 0.29) is 5.13 Å². The number of nitrogens with one attached hydrogen (secondary N) is 1. The average Bonchev–Trinajstić information content (AvgIpc) is 2.63. The summed E-state index contributed by atoms with van der Waals surface area (Å²) >= 11 is 0.638. The third-order valence-electron chi connectivity index (χ3n) is 2.07. The number of rotatable bonds is 3. The Morgan fingerprint density at radius 2 is 2.00 bits per heavy atom. The van der Waals surface area contributed by atoms with Gasteiger partial charge in [0.2, 0.25) is 11.0 Å². The van der Waals surface area contributed by atoms with E-state index in [1.54, 1.807) is 0 Å². The minimum absolute atomic E-state index is 0.0324. The molecule has 8 heteroatoms. The van der Waals surface area contributed by atoms with Crippen LogP contribution in [0.2, 0.25) is 0 Å². The van der Waals surface area contributed by atoms with Gasteiger partial charge in [0.1, 0.15) is 0 Å². The molecule has 17 heavy (non-hydrogen) atoms. The molecule has 96 valence electrons. The van der Waals surface area contributed by atoms with Gasteiger partial charge in [0.25, 0.3) is 6.43 Å². The zero-order valence-electron chi connectivity index (χ0n) is 9.70. The maximum atomic E-state index is 12.2. The third-order valence-corrected chi connectivity index (χ3v) is 2.92. The molecule has 5 nitrogen and oxygen atoms in total. The summed E-state index contributed by atoms with van der Waals surface area (Å²) in [7, 11) is 0. The highest BCUT2D eigenvalue weighted by molar-refractivity contribution is 7.15. The molecule has 1 aromatic heterocycles. The quantitative estimate of drug-likeness (QED) is 0.872. The van der Waals surface area contributed by atoms with Crippen molar-refractivity contribution < 1.29 is 13.6 Å². The van der Waals surface area contributed by atoms with E-state index in [2.05, 4.69) is 15.5 Å². The number of hydrogen-bond donors (Lipinski definition) is 2. The van der Waals surface area contributed by atoms with E-state index in [9.17, 15) is 13.6 Å². The summed E-state index contributed by atoms with van der Waals surface area (Å²) in [5.74, 6) is -0.463. The highest BCUT2D eigenvalue weighted by Gasteiger charge is 2.28. The monoisotopic (exact) mass is 264 g/mol. The van der Waals surface area contributed by atoms with Gasteiger partial charge in [-0.15, -0.1) is 10.2 Å². The number of anilines is 1. The molecule has 3 N–H and O–H groups in total. The van der Waals surface area contributed by atoms with Crippen molar-refractivity contribution in [2.75, 3.05) is 5.32 Å². The molecule has 0 saturated carbocycles. The van der Waals surface area contributed by atoms with Crippen LogP contribution in [0, 0.1) is 5.41 Å². The molecule has 0 bridgehead atoms. The average molecular weight is 264 g/mol. The molecule has 0 aromatic carbocycles. The van der Waals surface area contributed by atoms with Crippen molar-refractivity contribution in [3.8, 4) is 0 Å². The minimum Gasteiger partial charge on any atom is -0.319 e. The van der Waals surface area contributed by atoms with Crippen molar-refractivity contribution in [2.45, 2.75) is 33.2 Å². The molecule has 0 spiro atoms. The molecule has 0 fully saturated rings. The van der Waals surface area contributed by atoms with Crippen molar-refractivity contribution in [2.24, 2.45) is 11.1 Å². The lowest BCUT2D eigenvalue weighted by molar-refractivity contribution is -0.119. The molecule has 1 aromatic rings. The number of carbonyl (C=O) groups excluding carboxylic acids is 1. The predicted octanol–water partition coefficient (Wildman–Crippen LogP) is 1.79. The molecule has 1 atom stereocenters. The summed E-state index contributed by atoms with van der Waals surface area (Å²) in [6.45, 7) is 5.42. The lowest BCUT2D eigenvalue weighted by Crippen LogP contribution is -2.45. The van der Waals surface area contributed by atoms with Crippen molar-refractivity contribution in [3.05, 3.63) is 5.01 Å². The molecular formula is C9H14F2N4OS. The molecule has 0 aliphatic carbocycles. The van der Waals surface area contributed by atoms with Gasteiger partial charge in [-0.1, -0.05) is 32.1 Å². The normalized spacial score (nSPS) is 13.8. The Hall–Kier alpha value is -1.15. The second-order valence-corrected chi connectivity index (χ2v) is 5.59. The molecule has 0 radical (unpaired) electrons. The molecule has 0 aliphatic rings. The van der Waals surface area contributed by atoms with E-state index in [0.29, 0.717) is 11.3 Å². The molecule has 1 heterocycles. The fraction of sp³-hybridized carbons (Fsp3) is 0.667. The number of aromatic nitrogens is 2. The van der Waals surface area contributed by atoms with Crippen LogP contribution in [-0.2, 0) is 4.79 Å². The van der Waals surface area contributed by atoms with Crippen LogP contribution in [0.15, 0.2) is 0 Å². The summed E-state index contributed by atoms with van der Waals surface area (Å²) < 4.78 is 24.5. The predicted molar refractivity (Wildman–Crippen MR) is 60.9 cm³/mol. The van der Waals surface area contributed by atoms with E-state index < -0.39 is 28.8 Å². The topological polar surface area (TPSA) is 80.9 Å². The standard InChI is InChI=1S/C9H14F2N4OS/c1-9(2,3)4(12)6(16)13-8-15-14-7(17-8)5(10)11/h4-5H,12H2,1-3H3,(H,13,15,16)/t4-/m1/s1. The lowest BCUT2D eigenvalue weighted by Gasteiger charge is -2.25. The third kappa shape index (κ3) is 3.67. The first-order chi connectivity index (χ1) is 7.71. The zero-order chi connectivity index (χ0) is 13.2. The van der Waals surface area contributed by atoms with Crippen molar-refractivity contribution in [3.63, 3.8) is 0 Å². The fourth-order valence-corrected chi connectivity index (χ4v) is 1.55. The van der Waals surface area contributed by atoms with Gasteiger partial charge >= 0.3 is 0 Å². The first-order valence-electron chi connectivity index (χ1n) is 4.90. The summed E-state index contributed by atoms with van der Waals surface area (Å²) in [5, 5.41) is 8.67. The Kier molecular flexibility index (Phi) is 4.10. The van der Waals surface area contributed by atoms with Crippen molar-refractivity contribution in [1.82, 2.24) is 10.2 Å². The van der Waals surface area contributed by atoms with E-state index in [4.69, 9.17) is 5.73 Å². The first kappa shape index (κ1) is 13.9. The Balaban J connectivity index is 2.68. The summed E-state index contributed by atoms with van der Waals surface area (Å²) in [5.41, 5.74) is 5.29. The molecule has 0 saturated heterocycles. The fourth-order valence-electron chi connectivity index (χ4n) is 0.950. The van der Waals surface area contributed by atoms with Crippen LogP contribution < -0.4 is 11.1 Å². The molecule has 1 amide bonds. The number of nitrogens with zero attached hydrogens (tertiary/aromatic N) is 2. The van der Waals surface area contributed by atoms with Crippen LogP contribution in [-0.4, -0.2) is 22.1 Å². The largest absolute Gasteiger partial charge is 0.319 e. The maximum Gasteiger partial charge on any atom is 0.291 e.